The third kappa shape index (κ3) is 4.65. The van der Waals surface area contributed by atoms with Crippen LogP contribution in [0.5, 0.6) is 0 Å². The van der Waals surface area contributed by atoms with Crippen molar-refractivity contribution in [2.24, 2.45) is 5.10 Å². The van der Waals surface area contributed by atoms with Gasteiger partial charge >= 0.3 is 0 Å². The lowest BCUT2D eigenvalue weighted by molar-refractivity contribution is 0.0955. The van der Waals surface area contributed by atoms with Gasteiger partial charge in [0.25, 0.3) is 5.91 Å². The van der Waals surface area contributed by atoms with E-state index in [0.29, 0.717) is 24.1 Å². The first-order chi connectivity index (χ1) is 12.7. The molecule has 0 radical (unpaired) electrons. The quantitative estimate of drug-likeness (QED) is 0.668. The van der Waals surface area contributed by atoms with Crippen LogP contribution in [-0.2, 0) is 6.54 Å². The largest absolute Gasteiger partial charge is 0.349 e. The number of nitriles is 1. The van der Waals surface area contributed by atoms with Gasteiger partial charge in [-0.3, -0.25) is 9.78 Å². The number of hydrogen-bond acceptors (Lipinski definition) is 5. The number of hydrazone groups is 1. The Morgan fingerprint density at radius 2 is 2.00 bits per heavy atom. The predicted molar refractivity (Wildman–Crippen MR) is 98.6 cm³/mol. The molecule has 128 valence electrons. The number of aromatic nitrogens is 1. The summed E-state index contributed by atoms with van der Waals surface area (Å²) in [4.78, 5) is 17.8. The molecule has 1 amide bonds. The van der Waals surface area contributed by atoms with Gasteiger partial charge in [0, 0.05) is 43.3 Å². The second-order valence-electron chi connectivity index (χ2n) is 5.74. The summed E-state index contributed by atoms with van der Waals surface area (Å²) in [5.74, 6) is -0.308. The van der Waals surface area contributed by atoms with E-state index < -0.39 is 0 Å². The number of amides is 1. The molecule has 26 heavy (non-hydrogen) atoms. The summed E-state index contributed by atoms with van der Waals surface area (Å²) in [5.41, 5.74) is 5.60. The second-order valence-corrected chi connectivity index (χ2v) is 5.74. The average molecular weight is 343 g/mol. The number of rotatable bonds is 5. The van der Waals surface area contributed by atoms with Crippen molar-refractivity contribution < 1.29 is 4.79 Å². The number of carbonyl (C=O) groups excluding carboxylic acids is 1. The van der Waals surface area contributed by atoms with E-state index in [-0.39, 0.29) is 5.91 Å². The third-order valence-corrected chi connectivity index (χ3v) is 3.74. The van der Waals surface area contributed by atoms with Crippen LogP contribution in [0.25, 0.3) is 0 Å². The fourth-order valence-corrected chi connectivity index (χ4v) is 2.54. The molecule has 6 heteroatoms. The van der Waals surface area contributed by atoms with Crippen molar-refractivity contribution in [1.82, 2.24) is 15.3 Å². The molecule has 0 fully saturated rings. The van der Waals surface area contributed by atoms with Gasteiger partial charge in [-0.25, -0.2) is 5.43 Å². The molecule has 2 heterocycles. The summed E-state index contributed by atoms with van der Waals surface area (Å²) in [5, 5.41) is 13.3. The molecule has 1 aromatic heterocycles. The fraction of sp³-hybridized carbons (Fsp3) is 0.100. The van der Waals surface area contributed by atoms with Crippen LogP contribution in [0.3, 0.4) is 0 Å². The van der Waals surface area contributed by atoms with E-state index in [0.717, 1.165) is 11.1 Å². The van der Waals surface area contributed by atoms with Crippen molar-refractivity contribution in [3.8, 4) is 6.07 Å². The van der Waals surface area contributed by atoms with Crippen molar-refractivity contribution in [2.75, 3.05) is 0 Å². The van der Waals surface area contributed by atoms with Crippen molar-refractivity contribution >= 4 is 12.1 Å². The highest BCUT2D eigenvalue weighted by molar-refractivity contribution is 5.94. The molecule has 1 aliphatic heterocycles. The van der Waals surface area contributed by atoms with Gasteiger partial charge in [-0.2, -0.15) is 10.4 Å². The molecule has 0 spiro atoms. The van der Waals surface area contributed by atoms with Crippen LogP contribution in [0.4, 0.5) is 0 Å². The molecule has 1 N–H and O–H groups in total. The topological polar surface area (TPSA) is 81.4 Å². The van der Waals surface area contributed by atoms with Crippen LogP contribution in [0.1, 0.15) is 22.3 Å². The maximum atomic E-state index is 12.0. The second kappa shape index (κ2) is 8.40. The highest BCUT2D eigenvalue weighted by atomic mass is 16.2. The van der Waals surface area contributed by atoms with Crippen LogP contribution >= 0.6 is 0 Å². The highest BCUT2D eigenvalue weighted by Crippen LogP contribution is 2.19. The number of pyridine rings is 1. The maximum absolute atomic E-state index is 12.0. The van der Waals surface area contributed by atoms with E-state index in [9.17, 15) is 10.1 Å². The Bertz CT molecular complexity index is 895. The lowest BCUT2D eigenvalue weighted by Crippen LogP contribution is -2.19. The van der Waals surface area contributed by atoms with Gasteiger partial charge < -0.3 is 4.90 Å². The smallest absolute Gasteiger partial charge is 0.271 e. The normalized spacial score (nSPS) is 13.7. The van der Waals surface area contributed by atoms with E-state index in [4.69, 9.17) is 0 Å². The SMILES string of the molecule is N#CC1=CN(Cc2ccccc2)C=C(/C=N/NC(=O)c2ccncc2)C1. The first-order valence-corrected chi connectivity index (χ1v) is 8.09. The Kier molecular flexibility index (Phi) is 5.53. The van der Waals surface area contributed by atoms with Crippen LogP contribution in [0.2, 0.25) is 0 Å². The number of benzene rings is 1. The molecular formula is C20H17N5O. The summed E-state index contributed by atoms with van der Waals surface area (Å²) in [6.07, 6.45) is 8.91. The van der Waals surface area contributed by atoms with Gasteiger partial charge in [0.05, 0.1) is 17.9 Å². The Labute approximate surface area is 151 Å². The molecule has 0 atom stereocenters. The number of nitrogens with zero attached hydrogens (tertiary/aromatic N) is 4. The van der Waals surface area contributed by atoms with E-state index in [2.05, 4.69) is 21.6 Å². The van der Waals surface area contributed by atoms with Crippen molar-refractivity contribution in [1.29, 1.82) is 5.26 Å². The standard InChI is InChI=1S/C20H17N5O/c21-11-17-10-18(12-23-24-20(26)19-6-8-22-9-7-19)15-25(14-17)13-16-4-2-1-3-5-16/h1-9,12,14-15H,10,13H2,(H,24,26)/b23-12+. The first kappa shape index (κ1) is 17.1. The van der Waals surface area contributed by atoms with Gasteiger partial charge in [0.15, 0.2) is 0 Å². The monoisotopic (exact) mass is 343 g/mol. The summed E-state index contributed by atoms with van der Waals surface area (Å²) in [6.45, 7) is 0.659. The fourth-order valence-electron chi connectivity index (χ4n) is 2.54. The Morgan fingerprint density at radius 1 is 1.23 bits per heavy atom. The lowest BCUT2D eigenvalue weighted by atomic mass is 10.1. The van der Waals surface area contributed by atoms with Gasteiger partial charge in [-0.15, -0.1) is 0 Å². The van der Waals surface area contributed by atoms with Crippen LogP contribution < -0.4 is 5.43 Å². The van der Waals surface area contributed by atoms with Gasteiger partial charge in [-0.05, 0) is 23.3 Å². The molecule has 2 aromatic rings. The molecule has 1 aromatic carbocycles. The van der Waals surface area contributed by atoms with Crippen molar-refractivity contribution in [3.63, 3.8) is 0 Å². The molecule has 0 saturated heterocycles. The average Bonchev–Trinajstić information content (AvgIpc) is 2.69. The molecular weight excluding hydrogens is 326 g/mol. The molecule has 3 rings (SSSR count). The summed E-state index contributed by atoms with van der Waals surface area (Å²) >= 11 is 0. The number of nitrogens with one attached hydrogen (secondary N) is 1. The van der Waals surface area contributed by atoms with E-state index in [1.54, 1.807) is 30.7 Å². The van der Waals surface area contributed by atoms with Crippen molar-refractivity contribution in [2.45, 2.75) is 13.0 Å². The zero-order valence-corrected chi connectivity index (χ0v) is 14.0. The Morgan fingerprint density at radius 3 is 2.73 bits per heavy atom. The summed E-state index contributed by atoms with van der Waals surface area (Å²) in [7, 11) is 0. The third-order valence-electron chi connectivity index (χ3n) is 3.74. The number of allylic oxidation sites excluding steroid dienone is 2. The van der Waals surface area contributed by atoms with Crippen LogP contribution in [-0.4, -0.2) is 22.0 Å². The Balaban J connectivity index is 1.66. The van der Waals surface area contributed by atoms with Crippen LogP contribution in [0, 0.1) is 11.3 Å². The molecule has 0 aliphatic carbocycles. The minimum Gasteiger partial charge on any atom is -0.349 e. The summed E-state index contributed by atoms with van der Waals surface area (Å²) < 4.78 is 0. The minimum absolute atomic E-state index is 0.308. The zero-order valence-electron chi connectivity index (χ0n) is 14.0. The highest BCUT2D eigenvalue weighted by Gasteiger charge is 2.11. The number of carbonyl (C=O) groups is 1. The predicted octanol–water partition coefficient (Wildman–Crippen LogP) is 2.99. The zero-order chi connectivity index (χ0) is 18.2. The lowest BCUT2D eigenvalue weighted by Gasteiger charge is -2.21. The molecule has 0 unspecified atom stereocenters. The Hall–Kier alpha value is -3.72. The summed E-state index contributed by atoms with van der Waals surface area (Å²) in [6, 6.07) is 15.4. The van der Waals surface area contributed by atoms with Crippen molar-refractivity contribution in [3.05, 3.63) is 89.5 Å². The maximum Gasteiger partial charge on any atom is 0.271 e. The minimum atomic E-state index is -0.308. The van der Waals surface area contributed by atoms with Crippen LogP contribution in [0.15, 0.2) is 83.5 Å². The van der Waals surface area contributed by atoms with E-state index in [1.807, 2.05) is 47.6 Å². The van der Waals surface area contributed by atoms with Gasteiger partial charge in [0.2, 0.25) is 0 Å². The van der Waals surface area contributed by atoms with Gasteiger partial charge in [-0.1, -0.05) is 30.3 Å². The molecule has 6 nitrogen and oxygen atoms in total. The molecule has 0 bridgehead atoms. The van der Waals surface area contributed by atoms with Gasteiger partial charge in [0.1, 0.15) is 0 Å². The van der Waals surface area contributed by atoms with E-state index >= 15 is 0 Å². The molecule has 1 aliphatic rings. The number of hydrogen-bond donors (Lipinski definition) is 1. The van der Waals surface area contributed by atoms with E-state index in [1.165, 1.54) is 0 Å². The molecule has 0 saturated carbocycles. The first-order valence-electron chi connectivity index (χ1n) is 8.09.